The maximum atomic E-state index is 11.5. The van der Waals surface area contributed by atoms with Gasteiger partial charge in [0.2, 0.25) is 0 Å². The Morgan fingerprint density at radius 3 is 1.33 bits per heavy atom. The van der Waals surface area contributed by atoms with Crippen LogP contribution >= 0.6 is 13.6 Å². The monoisotopic (exact) mass is 266 g/mol. The summed E-state index contributed by atoms with van der Waals surface area (Å²) in [7, 11) is -2.15. The molecular weight excluding hydrogens is 259 g/mol. The van der Waals surface area contributed by atoms with Crippen LogP contribution in [0, 0.1) is 6.05 Å². The van der Waals surface area contributed by atoms with Gasteiger partial charge in [-0.1, -0.05) is 19.6 Å². The molecule has 0 spiro atoms. The molecule has 0 rings (SSSR count). The molecule has 0 amide bonds. The quantitative estimate of drug-likeness (QED) is 0.506. The minimum atomic E-state index is -2.15. The van der Waals surface area contributed by atoms with Crippen molar-refractivity contribution in [2.45, 2.75) is 19.6 Å². The van der Waals surface area contributed by atoms with Gasteiger partial charge in [-0.05, 0) is 14.1 Å². The Balaban J connectivity index is 0. The Morgan fingerprint density at radius 2 is 1.33 bits per heavy atom. The first-order valence-corrected chi connectivity index (χ1v) is 12.8. The Labute approximate surface area is 72.4 Å². The van der Waals surface area contributed by atoms with Gasteiger partial charge in [-0.2, -0.15) is 0 Å². The molecule has 9 heavy (non-hydrogen) atoms. The van der Waals surface area contributed by atoms with E-state index in [0.29, 0.717) is 0 Å². The topological polar surface area (TPSA) is 0 Å². The Kier molecular flexibility index (Phi) is 8.44. The molecule has 5 heteroatoms. The van der Waals surface area contributed by atoms with Gasteiger partial charge in [0.15, 0.2) is 0 Å². The van der Waals surface area contributed by atoms with Gasteiger partial charge in [-0.3, -0.25) is 0 Å². The van der Waals surface area contributed by atoms with Gasteiger partial charge in [0, 0.05) is 0 Å². The van der Waals surface area contributed by atoms with Crippen molar-refractivity contribution in [3.8, 4) is 0 Å². The molecule has 0 aromatic heterocycles. The molecule has 0 nitrogen and oxygen atoms in total. The number of hydrogen-bond acceptors (Lipinski definition) is 0. The summed E-state index contributed by atoms with van der Waals surface area (Å²) < 4.78 is 23.0. The van der Waals surface area contributed by atoms with Crippen LogP contribution in [0.25, 0.3) is 0 Å². The fourth-order valence-corrected chi connectivity index (χ4v) is 0. The van der Waals surface area contributed by atoms with Crippen LogP contribution in [-0.2, 0) is 16.3 Å². The van der Waals surface area contributed by atoms with E-state index in [1.165, 1.54) is 16.3 Å². The third kappa shape index (κ3) is 9.18. The van der Waals surface area contributed by atoms with E-state index in [2.05, 4.69) is 13.6 Å². The fraction of sp³-hybridized carbons (Fsp3) is 0.750. The number of rotatable bonds is 1. The van der Waals surface area contributed by atoms with Gasteiger partial charge in [0.25, 0.3) is 0 Å². The summed E-state index contributed by atoms with van der Waals surface area (Å²) >= 11 is 4.25. The molecule has 0 N–H and O–H groups in total. The molecule has 0 unspecified atom stereocenters. The van der Waals surface area contributed by atoms with Crippen LogP contribution < -0.4 is 0 Å². The van der Waals surface area contributed by atoms with Crippen LogP contribution in [0.3, 0.4) is 0 Å². The van der Waals surface area contributed by atoms with E-state index in [1.54, 1.807) is 19.6 Å². The molecule has 0 aromatic rings. The van der Waals surface area contributed by atoms with Gasteiger partial charge in [0.1, 0.15) is 0 Å². The van der Waals surface area contributed by atoms with Crippen LogP contribution in [0.5, 0.6) is 0 Å². The molecule has 0 aliphatic carbocycles. The van der Waals surface area contributed by atoms with Crippen molar-refractivity contribution in [2.75, 3.05) is 0 Å². The molecule has 0 heterocycles. The summed E-state index contributed by atoms with van der Waals surface area (Å²) in [5, 5.41) is 0. The van der Waals surface area contributed by atoms with E-state index < -0.39 is 14.1 Å². The number of hydrogen-bond donors (Lipinski definition) is 0. The molecule has 0 aliphatic heterocycles. The van der Waals surface area contributed by atoms with Gasteiger partial charge < -0.3 is 8.78 Å². The first-order valence-electron chi connectivity index (χ1n) is 2.40. The summed E-state index contributed by atoms with van der Waals surface area (Å²) in [6.45, 7) is 4.84. The zero-order valence-corrected chi connectivity index (χ0v) is 11.4. The third-order valence-corrected chi connectivity index (χ3v) is 1.70. The van der Waals surface area contributed by atoms with Crippen LogP contribution in [-0.4, -0.2) is 8.07 Å². The fourth-order valence-electron chi connectivity index (χ4n) is 0. The van der Waals surface area contributed by atoms with Crippen LogP contribution in [0.15, 0.2) is 0 Å². The molecule has 0 bridgehead atoms. The van der Waals surface area contributed by atoms with Crippen molar-refractivity contribution in [1.29, 1.82) is 0 Å². The van der Waals surface area contributed by atoms with Crippen molar-refractivity contribution in [1.82, 2.24) is 0 Å². The standard InChI is InChI=1S/C4H9F2Si.BrH.Zn/c1-7(2,3)4(5)6;;/h1-3H3;1H;/q-1;;+2/p-1. The van der Waals surface area contributed by atoms with Crippen molar-refractivity contribution in [2.24, 2.45) is 0 Å². The molecule has 0 atom stereocenters. The minimum absolute atomic E-state index is 1.19. The number of halogens is 3. The first kappa shape index (κ1) is 12.8. The Morgan fingerprint density at radius 1 is 1.22 bits per heavy atom. The first-order chi connectivity index (χ1) is 3.94. The summed E-state index contributed by atoms with van der Waals surface area (Å²) in [5.74, 6) is 0. The second-order valence-corrected chi connectivity index (χ2v) is 7.39. The summed E-state index contributed by atoms with van der Waals surface area (Å²) in [5.41, 5.74) is 0. The molecular formula is C4H9BrF2SiZn. The predicted molar refractivity (Wildman–Crippen MR) is 37.7 cm³/mol. The Bertz CT molecular complexity index is 64.1. The van der Waals surface area contributed by atoms with E-state index in [-0.39, 0.29) is 0 Å². The van der Waals surface area contributed by atoms with E-state index in [1.807, 2.05) is 0 Å². The predicted octanol–water partition coefficient (Wildman–Crippen LogP) is 3.14. The molecule has 52 valence electrons. The van der Waals surface area contributed by atoms with Gasteiger partial charge >= 0.3 is 30.0 Å². The van der Waals surface area contributed by atoms with Crippen LogP contribution in [0.4, 0.5) is 8.78 Å². The van der Waals surface area contributed by atoms with Crippen LogP contribution in [0.1, 0.15) is 0 Å². The van der Waals surface area contributed by atoms with Crippen molar-refractivity contribution < 1.29 is 25.1 Å². The second-order valence-electron chi connectivity index (χ2n) is 2.51. The molecule has 0 saturated carbocycles. The van der Waals surface area contributed by atoms with Crippen molar-refractivity contribution in [3.63, 3.8) is 0 Å². The van der Waals surface area contributed by atoms with Gasteiger partial charge in [0.05, 0.1) is 0 Å². The molecule has 0 radical (unpaired) electrons. The summed E-state index contributed by atoms with van der Waals surface area (Å²) in [6.07, 6.45) is 0. The average molecular weight is 268 g/mol. The van der Waals surface area contributed by atoms with Crippen molar-refractivity contribution in [3.05, 3.63) is 6.05 Å². The zero-order chi connectivity index (χ0) is 8.08. The normalized spacial score (nSPS) is 10.8. The maximum absolute atomic E-state index is 11.5. The summed E-state index contributed by atoms with van der Waals surface area (Å²) in [6, 6.07) is -1.37. The molecule has 0 aliphatic rings. The summed E-state index contributed by atoms with van der Waals surface area (Å²) in [4.78, 5) is 0. The molecule has 0 aromatic carbocycles. The van der Waals surface area contributed by atoms with E-state index in [9.17, 15) is 8.78 Å². The van der Waals surface area contributed by atoms with Gasteiger partial charge in [-0.15, -0.1) is 0 Å². The second kappa shape index (κ2) is 5.93. The average Bonchev–Trinajstić information content (AvgIpc) is 1.69. The van der Waals surface area contributed by atoms with E-state index in [0.717, 1.165) is 0 Å². The van der Waals surface area contributed by atoms with Crippen molar-refractivity contribution >= 4 is 21.7 Å². The van der Waals surface area contributed by atoms with E-state index in [4.69, 9.17) is 0 Å². The molecule has 0 fully saturated rings. The van der Waals surface area contributed by atoms with Crippen LogP contribution in [0.2, 0.25) is 19.6 Å². The van der Waals surface area contributed by atoms with E-state index >= 15 is 0 Å². The zero-order valence-electron chi connectivity index (χ0n) is 5.84. The molecule has 0 saturated heterocycles. The Hall–Kier alpha value is 1.18. The SMILES string of the molecule is C[Si](C)(C)[C-](F)F.[Zn+][Br]. The third-order valence-electron chi connectivity index (χ3n) is 0.567. The van der Waals surface area contributed by atoms with Gasteiger partial charge in [-0.25, -0.2) is 0 Å².